The van der Waals surface area contributed by atoms with Gasteiger partial charge < -0.3 is 19.9 Å². The predicted octanol–water partition coefficient (Wildman–Crippen LogP) is 2.52. The number of amides is 1. The molecule has 0 aromatic carbocycles. The van der Waals surface area contributed by atoms with Gasteiger partial charge in [0.25, 0.3) is 0 Å². The van der Waals surface area contributed by atoms with Crippen LogP contribution in [0.2, 0.25) is 0 Å². The Morgan fingerprint density at radius 3 is 1.45 bits per heavy atom. The Hall–Kier alpha value is 0.536. The number of aliphatic hydroxyl groups is 1. The Balaban J connectivity index is 0.0000102. The van der Waals surface area contributed by atoms with E-state index in [0.29, 0.717) is 6.42 Å². The zero-order valence-corrected chi connectivity index (χ0v) is 25.0. The van der Waals surface area contributed by atoms with Gasteiger partial charge >= 0.3 is 51.4 Å². The molecule has 0 bridgehead atoms. The standard InChI is InChI=1S/C27H51NO4.K/c1-2-3-4-5-6-7-8-9-10-11-12-13-14-15-16-17-18-19-20-21-26(30)28-23-24(29)22-25(28)27(31)32;/h24-25,29H,2-23H2,1H3,(H,31,32);/q;+1/p-1. The van der Waals surface area contributed by atoms with E-state index in [0.717, 1.165) is 19.3 Å². The van der Waals surface area contributed by atoms with E-state index in [1.165, 1.54) is 108 Å². The summed E-state index contributed by atoms with van der Waals surface area (Å²) in [5, 5.41) is 20.7. The van der Waals surface area contributed by atoms with Crippen molar-refractivity contribution in [3.05, 3.63) is 0 Å². The maximum atomic E-state index is 12.2. The molecule has 2 atom stereocenters. The molecule has 0 aliphatic carbocycles. The predicted molar refractivity (Wildman–Crippen MR) is 129 cm³/mol. The molecular weight excluding hydrogens is 441 g/mol. The number of nitrogens with zero attached hydrogens (tertiary/aromatic N) is 1. The Morgan fingerprint density at radius 1 is 0.727 bits per heavy atom. The third-order valence-corrected chi connectivity index (χ3v) is 6.87. The first kappa shape index (κ1) is 33.5. The molecule has 6 heteroatoms. The molecule has 1 fully saturated rings. The molecule has 0 spiro atoms. The summed E-state index contributed by atoms with van der Waals surface area (Å²) in [7, 11) is 0. The maximum absolute atomic E-state index is 12.2. The average molecular weight is 492 g/mol. The molecule has 33 heavy (non-hydrogen) atoms. The molecular formula is C27H50KNO4. The summed E-state index contributed by atoms with van der Waals surface area (Å²) in [6.45, 7) is 2.40. The van der Waals surface area contributed by atoms with Gasteiger partial charge in [-0.2, -0.15) is 0 Å². The van der Waals surface area contributed by atoms with E-state index in [-0.39, 0.29) is 70.3 Å². The molecule has 1 saturated heterocycles. The monoisotopic (exact) mass is 491 g/mol. The van der Waals surface area contributed by atoms with Crippen LogP contribution in [-0.4, -0.2) is 40.6 Å². The maximum Gasteiger partial charge on any atom is 1.00 e. The minimum atomic E-state index is -1.26. The molecule has 2 unspecified atom stereocenters. The number of β-amino-alcohol motifs (C(OH)–C–C–N with tert-alkyl or cyclic N) is 1. The topological polar surface area (TPSA) is 80.7 Å². The summed E-state index contributed by atoms with van der Waals surface area (Å²) in [6, 6.07) is -0.960. The third-order valence-electron chi connectivity index (χ3n) is 6.87. The summed E-state index contributed by atoms with van der Waals surface area (Å²) >= 11 is 0. The molecule has 0 aromatic rings. The van der Waals surface area contributed by atoms with E-state index in [4.69, 9.17) is 0 Å². The van der Waals surface area contributed by atoms with Crippen molar-refractivity contribution < 1.29 is 71.2 Å². The van der Waals surface area contributed by atoms with Crippen LogP contribution in [0.1, 0.15) is 142 Å². The molecule has 0 aromatic heterocycles. The van der Waals surface area contributed by atoms with Crippen LogP contribution in [0.5, 0.6) is 0 Å². The van der Waals surface area contributed by atoms with Crippen LogP contribution in [0.15, 0.2) is 0 Å². The number of carboxylic acids is 1. The van der Waals surface area contributed by atoms with E-state index in [1.807, 2.05) is 0 Å². The minimum Gasteiger partial charge on any atom is -0.548 e. The van der Waals surface area contributed by atoms with Gasteiger partial charge in [0.1, 0.15) is 0 Å². The summed E-state index contributed by atoms with van der Waals surface area (Å²) in [4.78, 5) is 24.6. The number of rotatable bonds is 21. The summed E-state index contributed by atoms with van der Waals surface area (Å²) in [5.41, 5.74) is 0. The van der Waals surface area contributed by atoms with Crippen LogP contribution in [0.4, 0.5) is 0 Å². The van der Waals surface area contributed by atoms with Gasteiger partial charge in [0, 0.05) is 19.4 Å². The molecule has 0 radical (unpaired) electrons. The number of hydrogen-bond acceptors (Lipinski definition) is 4. The van der Waals surface area contributed by atoms with Gasteiger partial charge in [0.15, 0.2) is 0 Å². The summed E-state index contributed by atoms with van der Waals surface area (Å²) in [5.74, 6) is -1.43. The molecule has 1 heterocycles. The number of aliphatic hydroxyl groups excluding tert-OH is 1. The minimum absolute atomic E-state index is 0. The van der Waals surface area contributed by atoms with Crippen molar-refractivity contribution >= 4 is 11.9 Å². The van der Waals surface area contributed by atoms with E-state index in [2.05, 4.69) is 6.92 Å². The Morgan fingerprint density at radius 2 is 1.09 bits per heavy atom. The van der Waals surface area contributed by atoms with Gasteiger partial charge in [-0.25, -0.2) is 0 Å². The first-order valence-electron chi connectivity index (χ1n) is 13.7. The molecule has 188 valence electrons. The van der Waals surface area contributed by atoms with E-state index >= 15 is 0 Å². The van der Waals surface area contributed by atoms with E-state index in [9.17, 15) is 19.8 Å². The Labute approximate surface area is 246 Å². The van der Waals surface area contributed by atoms with Crippen molar-refractivity contribution in [1.82, 2.24) is 4.90 Å². The molecule has 1 aliphatic rings. The smallest absolute Gasteiger partial charge is 0.548 e. The van der Waals surface area contributed by atoms with Crippen molar-refractivity contribution in [2.75, 3.05) is 6.54 Å². The van der Waals surface area contributed by atoms with Crippen molar-refractivity contribution in [2.45, 2.75) is 154 Å². The number of carboxylic acid groups (broad SMARTS) is 1. The second-order valence-corrected chi connectivity index (χ2v) is 9.88. The molecule has 1 amide bonds. The van der Waals surface area contributed by atoms with Gasteiger partial charge in [-0.05, 0) is 6.42 Å². The molecule has 1 N–H and O–H groups in total. The fraction of sp³-hybridized carbons (Fsp3) is 0.926. The second-order valence-electron chi connectivity index (χ2n) is 9.88. The summed E-state index contributed by atoms with van der Waals surface area (Å²) < 4.78 is 0. The zero-order chi connectivity index (χ0) is 23.4. The first-order chi connectivity index (χ1) is 15.6. The van der Waals surface area contributed by atoms with Crippen LogP contribution in [0.3, 0.4) is 0 Å². The van der Waals surface area contributed by atoms with Gasteiger partial charge in [-0.15, -0.1) is 0 Å². The van der Waals surface area contributed by atoms with Crippen LogP contribution >= 0.6 is 0 Å². The number of hydrogen-bond donors (Lipinski definition) is 1. The van der Waals surface area contributed by atoms with Gasteiger partial charge in [-0.3, -0.25) is 4.79 Å². The summed E-state index contributed by atoms with van der Waals surface area (Å²) in [6.07, 6.45) is 24.7. The molecule has 5 nitrogen and oxygen atoms in total. The number of aliphatic carboxylic acids is 1. The number of carbonyl (C=O) groups excluding carboxylic acids is 2. The van der Waals surface area contributed by atoms with E-state index in [1.54, 1.807) is 0 Å². The fourth-order valence-electron chi connectivity index (χ4n) is 4.81. The van der Waals surface area contributed by atoms with Crippen molar-refractivity contribution in [3.63, 3.8) is 0 Å². The molecule has 1 aliphatic heterocycles. The SMILES string of the molecule is CCCCCCCCCCCCCCCCCCCCCC(=O)N1CC(O)CC1C(=O)[O-].[K+]. The van der Waals surface area contributed by atoms with Crippen LogP contribution in [0, 0.1) is 0 Å². The van der Waals surface area contributed by atoms with Crippen molar-refractivity contribution in [2.24, 2.45) is 0 Å². The van der Waals surface area contributed by atoms with Gasteiger partial charge in [0.2, 0.25) is 5.91 Å². The molecule has 0 saturated carbocycles. The zero-order valence-electron chi connectivity index (χ0n) is 21.8. The number of likely N-dealkylation sites (tertiary alicyclic amines) is 1. The van der Waals surface area contributed by atoms with Crippen LogP contribution in [-0.2, 0) is 9.59 Å². The van der Waals surface area contributed by atoms with Crippen LogP contribution < -0.4 is 56.5 Å². The normalized spacial score (nSPS) is 17.8. The van der Waals surface area contributed by atoms with Crippen LogP contribution in [0.25, 0.3) is 0 Å². The Bertz CT molecular complexity index is 489. The van der Waals surface area contributed by atoms with E-state index < -0.39 is 18.1 Å². The van der Waals surface area contributed by atoms with Crippen molar-refractivity contribution in [3.8, 4) is 0 Å². The van der Waals surface area contributed by atoms with Gasteiger partial charge in [0.05, 0.1) is 18.1 Å². The average Bonchev–Trinajstić information content (AvgIpc) is 3.17. The number of carbonyl (C=O) groups is 2. The largest absolute Gasteiger partial charge is 1.00 e. The fourth-order valence-corrected chi connectivity index (χ4v) is 4.81. The number of unbranched alkanes of at least 4 members (excludes halogenated alkanes) is 18. The molecule has 1 rings (SSSR count). The van der Waals surface area contributed by atoms with Gasteiger partial charge in [-0.1, -0.05) is 122 Å². The van der Waals surface area contributed by atoms with Crippen molar-refractivity contribution in [1.29, 1.82) is 0 Å². The quantitative estimate of drug-likeness (QED) is 0.198. The second kappa shape index (κ2) is 23.0. The third kappa shape index (κ3) is 17.6. The first-order valence-corrected chi connectivity index (χ1v) is 13.7. The Kier molecular flexibility index (Phi) is 23.3.